The Hall–Kier alpha value is -4.53. The van der Waals surface area contributed by atoms with Crippen LogP contribution in [0.2, 0.25) is 0 Å². The summed E-state index contributed by atoms with van der Waals surface area (Å²) in [5, 5.41) is 0. The van der Waals surface area contributed by atoms with Gasteiger partial charge in [0, 0.05) is 55.7 Å². The third-order valence-corrected chi connectivity index (χ3v) is 9.13. The molecule has 2 unspecified atom stereocenters. The first-order valence-corrected chi connectivity index (χ1v) is 17.4. The Kier molecular flexibility index (Phi) is 11.5. The fourth-order valence-corrected chi connectivity index (χ4v) is 6.40. The zero-order valence-corrected chi connectivity index (χ0v) is 29.8. The van der Waals surface area contributed by atoms with E-state index in [0.29, 0.717) is 56.3 Å². The number of rotatable bonds is 13. The summed E-state index contributed by atoms with van der Waals surface area (Å²) in [4.78, 5) is 46.8. The van der Waals surface area contributed by atoms with Crippen LogP contribution >= 0.6 is 0 Å². The molecule has 0 radical (unpaired) electrons. The van der Waals surface area contributed by atoms with E-state index in [1.165, 1.54) is 0 Å². The van der Waals surface area contributed by atoms with Crippen molar-refractivity contribution in [3.8, 4) is 11.5 Å². The molecule has 9 heteroatoms. The largest absolute Gasteiger partial charge is 0.493 e. The molecule has 2 fully saturated rings. The number of benzene rings is 3. The van der Waals surface area contributed by atoms with Gasteiger partial charge in [-0.25, -0.2) is 4.79 Å². The molecule has 49 heavy (non-hydrogen) atoms. The van der Waals surface area contributed by atoms with Gasteiger partial charge in [0.05, 0.1) is 13.5 Å². The Balaban J connectivity index is 1.36. The highest BCUT2D eigenvalue weighted by molar-refractivity contribution is 5.95. The number of carbonyl (C=O) groups is 3. The highest BCUT2D eigenvalue weighted by Crippen LogP contribution is 2.34. The monoisotopic (exact) mass is 669 g/mol. The summed E-state index contributed by atoms with van der Waals surface area (Å²) in [6, 6.07) is 25.0. The lowest BCUT2D eigenvalue weighted by molar-refractivity contribution is -0.131. The van der Waals surface area contributed by atoms with Gasteiger partial charge in [0.15, 0.2) is 11.5 Å². The maximum Gasteiger partial charge on any atom is 0.410 e. The minimum absolute atomic E-state index is 0.0254. The number of methoxy groups -OCH3 is 1. The Morgan fingerprint density at radius 1 is 0.837 bits per heavy atom. The number of ether oxygens (including phenoxy) is 3. The molecule has 9 nitrogen and oxygen atoms in total. The molecule has 1 saturated heterocycles. The summed E-state index contributed by atoms with van der Waals surface area (Å²) in [6.45, 7) is 11.8. The van der Waals surface area contributed by atoms with Crippen molar-refractivity contribution < 1.29 is 28.6 Å². The van der Waals surface area contributed by atoms with Gasteiger partial charge >= 0.3 is 6.09 Å². The molecule has 1 saturated carbocycles. The Bertz CT molecular complexity index is 1570. The van der Waals surface area contributed by atoms with Crippen LogP contribution in [0.5, 0.6) is 11.5 Å². The maximum absolute atomic E-state index is 14.2. The fourth-order valence-electron chi connectivity index (χ4n) is 6.40. The van der Waals surface area contributed by atoms with Crippen molar-refractivity contribution in [2.45, 2.75) is 78.2 Å². The Morgan fingerprint density at radius 3 is 2.02 bits per heavy atom. The van der Waals surface area contributed by atoms with E-state index >= 15 is 0 Å². The predicted molar refractivity (Wildman–Crippen MR) is 190 cm³/mol. The van der Waals surface area contributed by atoms with Crippen molar-refractivity contribution >= 4 is 17.9 Å². The quantitative estimate of drug-likeness (QED) is 0.198. The number of likely N-dealkylation sites (tertiary alicyclic amines) is 1. The van der Waals surface area contributed by atoms with Gasteiger partial charge in [-0.3, -0.25) is 9.59 Å². The third-order valence-electron chi connectivity index (χ3n) is 9.13. The molecular weight excluding hydrogens is 618 g/mol. The minimum Gasteiger partial charge on any atom is -0.493 e. The molecule has 0 N–H and O–H groups in total. The average molecular weight is 670 g/mol. The maximum atomic E-state index is 14.2. The van der Waals surface area contributed by atoms with E-state index in [1.807, 2.05) is 105 Å². The zero-order chi connectivity index (χ0) is 35.1. The summed E-state index contributed by atoms with van der Waals surface area (Å²) in [5.41, 5.74) is 1.85. The number of carbonyl (C=O) groups excluding carboxylic acids is 3. The van der Waals surface area contributed by atoms with E-state index in [-0.39, 0.29) is 41.8 Å². The second-order valence-corrected chi connectivity index (χ2v) is 14.5. The highest BCUT2D eigenvalue weighted by atomic mass is 16.6. The summed E-state index contributed by atoms with van der Waals surface area (Å²) in [6.07, 6.45) is 1.94. The minimum atomic E-state index is -0.634. The molecule has 3 aromatic carbocycles. The average Bonchev–Trinajstić information content (AvgIpc) is 3.84. The van der Waals surface area contributed by atoms with Gasteiger partial charge in [-0.15, -0.1) is 0 Å². The van der Waals surface area contributed by atoms with Gasteiger partial charge in [-0.1, -0.05) is 60.7 Å². The standard InChI is InChI=1S/C40H51N3O6/c1-28(2)42(38(45)31-17-20-35(47-6)36(22-31)48-27-30-15-11-8-12-16-30)25-32-23-41(39(46)49-40(3,4)5)24-33(32)26-43(34-18-19-34)37(44)21-29-13-9-7-10-14-29/h7-17,20,22,28,32-34H,18-19,21,23-27H2,1-6H3. The van der Waals surface area contributed by atoms with Crippen molar-refractivity contribution in [1.29, 1.82) is 0 Å². The first-order chi connectivity index (χ1) is 23.4. The van der Waals surface area contributed by atoms with Crippen LogP contribution in [0.3, 0.4) is 0 Å². The topological polar surface area (TPSA) is 88.6 Å². The molecule has 3 amide bonds. The van der Waals surface area contributed by atoms with Crippen molar-refractivity contribution in [3.05, 3.63) is 95.6 Å². The number of amides is 3. The van der Waals surface area contributed by atoms with Gasteiger partial charge < -0.3 is 28.9 Å². The first kappa shape index (κ1) is 35.8. The molecule has 2 atom stereocenters. The number of nitrogens with zero attached hydrogens (tertiary/aromatic N) is 3. The van der Waals surface area contributed by atoms with Crippen molar-refractivity contribution in [3.63, 3.8) is 0 Å². The van der Waals surface area contributed by atoms with Crippen molar-refractivity contribution in [2.75, 3.05) is 33.3 Å². The molecule has 1 heterocycles. The van der Waals surface area contributed by atoms with E-state index in [1.54, 1.807) is 30.2 Å². The van der Waals surface area contributed by atoms with Crippen LogP contribution in [0.4, 0.5) is 4.79 Å². The molecule has 1 aliphatic carbocycles. The van der Waals surface area contributed by atoms with E-state index < -0.39 is 5.60 Å². The van der Waals surface area contributed by atoms with Gasteiger partial charge in [0.2, 0.25) is 5.91 Å². The summed E-state index contributed by atoms with van der Waals surface area (Å²) in [5.74, 6) is 0.928. The predicted octanol–water partition coefficient (Wildman–Crippen LogP) is 6.84. The zero-order valence-electron chi connectivity index (χ0n) is 29.8. The summed E-state index contributed by atoms with van der Waals surface area (Å²) in [7, 11) is 1.58. The number of hydrogen-bond acceptors (Lipinski definition) is 6. The van der Waals surface area contributed by atoms with Crippen LogP contribution in [0.1, 0.15) is 68.9 Å². The molecule has 0 bridgehead atoms. The lowest BCUT2D eigenvalue weighted by Crippen LogP contribution is -2.45. The SMILES string of the molecule is COc1ccc(C(=O)N(CC2CN(C(=O)OC(C)(C)C)CC2CN(C(=O)Cc2ccccc2)C2CC2)C(C)C)cc1OCc1ccccc1. The van der Waals surface area contributed by atoms with Gasteiger partial charge in [-0.2, -0.15) is 0 Å². The molecule has 0 aromatic heterocycles. The van der Waals surface area contributed by atoms with Crippen LogP contribution in [0.25, 0.3) is 0 Å². The molecular formula is C40H51N3O6. The molecule has 1 aliphatic heterocycles. The Morgan fingerprint density at radius 2 is 1.45 bits per heavy atom. The highest BCUT2D eigenvalue weighted by Gasteiger charge is 2.43. The van der Waals surface area contributed by atoms with Gasteiger partial charge in [0.25, 0.3) is 5.91 Å². The van der Waals surface area contributed by atoms with E-state index in [9.17, 15) is 14.4 Å². The second-order valence-electron chi connectivity index (χ2n) is 14.5. The first-order valence-electron chi connectivity index (χ1n) is 17.4. The van der Waals surface area contributed by atoms with E-state index in [4.69, 9.17) is 14.2 Å². The summed E-state index contributed by atoms with van der Waals surface area (Å²) >= 11 is 0. The molecule has 3 aromatic rings. The van der Waals surface area contributed by atoms with Crippen LogP contribution in [0.15, 0.2) is 78.9 Å². The summed E-state index contributed by atoms with van der Waals surface area (Å²) < 4.78 is 17.4. The fraction of sp³-hybridized carbons (Fsp3) is 0.475. The third kappa shape index (κ3) is 9.77. The van der Waals surface area contributed by atoms with Crippen LogP contribution in [0, 0.1) is 11.8 Å². The van der Waals surface area contributed by atoms with Gasteiger partial charge in [0.1, 0.15) is 12.2 Å². The van der Waals surface area contributed by atoms with E-state index in [0.717, 1.165) is 24.0 Å². The lowest BCUT2D eigenvalue weighted by Gasteiger charge is -2.33. The molecule has 5 rings (SSSR count). The number of hydrogen-bond donors (Lipinski definition) is 0. The molecule has 262 valence electrons. The smallest absolute Gasteiger partial charge is 0.410 e. The van der Waals surface area contributed by atoms with Crippen LogP contribution in [-0.4, -0.2) is 83.6 Å². The van der Waals surface area contributed by atoms with Crippen LogP contribution in [-0.2, 0) is 22.6 Å². The lowest BCUT2D eigenvalue weighted by atomic mass is 9.93. The van der Waals surface area contributed by atoms with E-state index in [2.05, 4.69) is 0 Å². The van der Waals surface area contributed by atoms with Crippen molar-refractivity contribution in [2.24, 2.45) is 11.8 Å². The normalized spacial score (nSPS) is 17.5. The van der Waals surface area contributed by atoms with Crippen molar-refractivity contribution in [1.82, 2.24) is 14.7 Å². The van der Waals surface area contributed by atoms with Gasteiger partial charge in [-0.05, 0) is 76.8 Å². The molecule has 2 aliphatic rings. The Labute approximate surface area is 291 Å². The van der Waals surface area contributed by atoms with Crippen LogP contribution < -0.4 is 9.47 Å². The second kappa shape index (κ2) is 15.8. The molecule has 0 spiro atoms.